The first-order chi connectivity index (χ1) is 8.75. The second kappa shape index (κ2) is 4.84. The molecule has 3 N–H and O–H groups in total. The van der Waals surface area contributed by atoms with Crippen molar-refractivity contribution in [2.45, 2.75) is 25.7 Å². The SMILES string of the molecule is NC(=S)c1ccncc1NCC(C1CC1)C1CC1. The Bertz CT molecular complexity index is 440. The van der Waals surface area contributed by atoms with E-state index < -0.39 is 0 Å². The molecule has 0 atom stereocenters. The highest BCUT2D eigenvalue weighted by Gasteiger charge is 2.41. The molecular formula is C14H19N3S. The van der Waals surface area contributed by atoms with Gasteiger partial charge in [0.25, 0.3) is 0 Å². The first-order valence-electron chi connectivity index (χ1n) is 6.73. The molecule has 0 aliphatic heterocycles. The minimum absolute atomic E-state index is 0.439. The lowest BCUT2D eigenvalue weighted by molar-refractivity contribution is 0.428. The fourth-order valence-corrected chi connectivity index (χ4v) is 2.92. The predicted molar refractivity (Wildman–Crippen MR) is 77.6 cm³/mol. The van der Waals surface area contributed by atoms with E-state index >= 15 is 0 Å². The molecule has 0 unspecified atom stereocenters. The van der Waals surface area contributed by atoms with Gasteiger partial charge in [-0.3, -0.25) is 4.98 Å². The van der Waals surface area contributed by atoms with Crippen LogP contribution in [-0.4, -0.2) is 16.5 Å². The van der Waals surface area contributed by atoms with E-state index in [9.17, 15) is 0 Å². The van der Waals surface area contributed by atoms with Crippen molar-refractivity contribution in [3.8, 4) is 0 Å². The van der Waals surface area contributed by atoms with Gasteiger partial charge in [-0.1, -0.05) is 12.2 Å². The lowest BCUT2D eigenvalue weighted by atomic mass is 9.98. The van der Waals surface area contributed by atoms with Gasteiger partial charge in [0.2, 0.25) is 0 Å². The number of nitrogens with zero attached hydrogens (tertiary/aromatic N) is 1. The number of rotatable bonds is 6. The number of anilines is 1. The zero-order chi connectivity index (χ0) is 12.5. The van der Waals surface area contributed by atoms with Crippen LogP contribution in [0.25, 0.3) is 0 Å². The summed E-state index contributed by atoms with van der Waals surface area (Å²) in [5.74, 6) is 2.74. The lowest BCUT2D eigenvalue weighted by Crippen LogP contribution is -2.20. The number of pyridine rings is 1. The molecule has 96 valence electrons. The van der Waals surface area contributed by atoms with E-state index in [0.29, 0.717) is 4.99 Å². The van der Waals surface area contributed by atoms with Crippen molar-refractivity contribution in [3.05, 3.63) is 24.0 Å². The highest BCUT2D eigenvalue weighted by atomic mass is 32.1. The zero-order valence-corrected chi connectivity index (χ0v) is 11.2. The van der Waals surface area contributed by atoms with E-state index in [0.717, 1.165) is 35.5 Å². The van der Waals surface area contributed by atoms with Gasteiger partial charge >= 0.3 is 0 Å². The molecule has 2 saturated carbocycles. The van der Waals surface area contributed by atoms with Crippen LogP contribution in [0.3, 0.4) is 0 Å². The number of aromatic nitrogens is 1. The van der Waals surface area contributed by atoms with Crippen LogP contribution in [0.1, 0.15) is 31.2 Å². The summed E-state index contributed by atoms with van der Waals surface area (Å²) in [5, 5.41) is 3.51. The molecule has 1 heterocycles. The Morgan fingerprint density at radius 1 is 1.39 bits per heavy atom. The zero-order valence-electron chi connectivity index (χ0n) is 10.4. The van der Waals surface area contributed by atoms with Crippen LogP contribution in [0.2, 0.25) is 0 Å². The van der Waals surface area contributed by atoms with Crippen LogP contribution in [0.4, 0.5) is 5.69 Å². The van der Waals surface area contributed by atoms with E-state index in [4.69, 9.17) is 18.0 Å². The van der Waals surface area contributed by atoms with Crippen molar-refractivity contribution in [1.29, 1.82) is 0 Å². The van der Waals surface area contributed by atoms with Gasteiger partial charge in [0.15, 0.2) is 0 Å². The summed E-state index contributed by atoms with van der Waals surface area (Å²) in [5.41, 5.74) is 7.62. The van der Waals surface area contributed by atoms with E-state index in [-0.39, 0.29) is 0 Å². The first-order valence-corrected chi connectivity index (χ1v) is 7.14. The van der Waals surface area contributed by atoms with E-state index in [2.05, 4.69) is 10.3 Å². The van der Waals surface area contributed by atoms with Crippen molar-refractivity contribution in [1.82, 2.24) is 4.98 Å². The standard InChI is InChI=1S/C14H19N3S/c15-14(18)11-5-6-16-8-13(11)17-7-12(9-1-2-9)10-3-4-10/h5-6,8-10,12,17H,1-4,7H2,(H2,15,18). The van der Waals surface area contributed by atoms with Crippen LogP contribution in [-0.2, 0) is 0 Å². The lowest BCUT2D eigenvalue weighted by Gasteiger charge is -2.18. The molecule has 0 amide bonds. The molecule has 18 heavy (non-hydrogen) atoms. The van der Waals surface area contributed by atoms with Gasteiger partial charge < -0.3 is 11.1 Å². The molecule has 0 spiro atoms. The number of thiocarbonyl (C=S) groups is 1. The summed E-state index contributed by atoms with van der Waals surface area (Å²) in [7, 11) is 0. The molecule has 0 saturated heterocycles. The molecule has 0 aromatic carbocycles. The van der Waals surface area contributed by atoms with Gasteiger partial charge in [-0.2, -0.15) is 0 Å². The first kappa shape index (κ1) is 11.9. The fourth-order valence-electron chi connectivity index (χ4n) is 2.74. The van der Waals surface area contributed by atoms with Crippen LogP contribution in [0.15, 0.2) is 18.5 Å². The second-order valence-corrected chi connectivity index (χ2v) is 5.94. The minimum Gasteiger partial charge on any atom is -0.389 e. The Morgan fingerprint density at radius 3 is 2.61 bits per heavy atom. The second-order valence-electron chi connectivity index (χ2n) is 5.51. The summed E-state index contributed by atoms with van der Waals surface area (Å²) in [4.78, 5) is 4.59. The predicted octanol–water partition coefficient (Wildman–Crippen LogP) is 2.56. The summed E-state index contributed by atoms with van der Waals surface area (Å²) < 4.78 is 0. The maximum atomic E-state index is 5.73. The monoisotopic (exact) mass is 261 g/mol. The third kappa shape index (κ3) is 2.64. The molecule has 0 radical (unpaired) electrons. The molecule has 1 aromatic heterocycles. The average Bonchev–Trinajstić information content (AvgIpc) is 3.24. The van der Waals surface area contributed by atoms with E-state index in [1.165, 1.54) is 25.7 Å². The third-order valence-electron chi connectivity index (χ3n) is 4.07. The summed E-state index contributed by atoms with van der Waals surface area (Å²) in [6.07, 6.45) is 9.22. The summed E-state index contributed by atoms with van der Waals surface area (Å²) >= 11 is 5.07. The van der Waals surface area contributed by atoms with Gasteiger partial charge in [-0.15, -0.1) is 0 Å². The van der Waals surface area contributed by atoms with Crippen molar-refractivity contribution < 1.29 is 0 Å². The van der Waals surface area contributed by atoms with Crippen molar-refractivity contribution in [2.75, 3.05) is 11.9 Å². The topological polar surface area (TPSA) is 50.9 Å². The number of hydrogen-bond acceptors (Lipinski definition) is 3. The maximum Gasteiger partial charge on any atom is 0.106 e. The molecule has 0 bridgehead atoms. The van der Waals surface area contributed by atoms with Gasteiger partial charge in [0.1, 0.15) is 4.99 Å². The van der Waals surface area contributed by atoms with Gasteiger partial charge in [0.05, 0.1) is 11.9 Å². The van der Waals surface area contributed by atoms with Crippen molar-refractivity contribution in [2.24, 2.45) is 23.5 Å². The maximum absolute atomic E-state index is 5.73. The van der Waals surface area contributed by atoms with Gasteiger partial charge in [-0.25, -0.2) is 0 Å². The Kier molecular flexibility index (Phi) is 3.20. The number of nitrogens with one attached hydrogen (secondary N) is 1. The Hall–Kier alpha value is -1.16. The van der Waals surface area contributed by atoms with E-state index in [1.807, 2.05) is 12.3 Å². The molecular weight excluding hydrogens is 242 g/mol. The normalized spacial score (nSPS) is 18.9. The highest BCUT2D eigenvalue weighted by Crippen LogP contribution is 2.49. The summed E-state index contributed by atoms with van der Waals surface area (Å²) in [6, 6.07) is 1.88. The largest absolute Gasteiger partial charge is 0.389 e. The summed E-state index contributed by atoms with van der Waals surface area (Å²) in [6.45, 7) is 1.04. The smallest absolute Gasteiger partial charge is 0.106 e. The third-order valence-corrected chi connectivity index (χ3v) is 4.29. The van der Waals surface area contributed by atoms with Crippen LogP contribution in [0, 0.1) is 17.8 Å². The molecule has 1 aromatic rings. The highest BCUT2D eigenvalue weighted by molar-refractivity contribution is 7.80. The van der Waals surface area contributed by atoms with Crippen molar-refractivity contribution >= 4 is 22.9 Å². The minimum atomic E-state index is 0.439. The molecule has 3 rings (SSSR count). The van der Waals surface area contributed by atoms with Crippen LogP contribution < -0.4 is 11.1 Å². The average molecular weight is 261 g/mol. The van der Waals surface area contributed by atoms with Gasteiger partial charge in [-0.05, 0) is 49.5 Å². The number of nitrogens with two attached hydrogens (primary N) is 1. The Balaban J connectivity index is 1.66. The van der Waals surface area contributed by atoms with Crippen molar-refractivity contribution in [3.63, 3.8) is 0 Å². The number of hydrogen-bond donors (Lipinski definition) is 2. The van der Waals surface area contributed by atoms with E-state index in [1.54, 1.807) is 6.20 Å². The fraction of sp³-hybridized carbons (Fsp3) is 0.571. The molecule has 4 heteroatoms. The molecule has 3 nitrogen and oxygen atoms in total. The van der Waals surface area contributed by atoms with Crippen LogP contribution >= 0.6 is 12.2 Å². The molecule has 2 fully saturated rings. The Labute approximate surface area is 113 Å². The quantitative estimate of drug-likeness (QED) is 0.773. The Morgan fingerprint density at radius 2 is 2.06 bits per heavy atom. The molecule has 2 aliphatic carbocycles. The van der Waals surface area contributed by atoms with Gasteiger partial charge in [0, 0.05) is 18.3 Å². The van der Waals surface area contributed by atoms with Crippen LogP contribution in [0.5, 0.6) is 0 Å². The molecule has 2 aliphatic rings.